The Morgan fingerprint density at radius 2 is 2.40 bits per heavy atom. The molecule has 0 saturated heterocycles. The Morgan fingerprint density at radius 1 is 1.60 bits per heavy atom. The van der Waals surface area contributed by atoms with Gasteiger partial charge in [0.15, 0.2) is 0 Å². The first-order chi connectivity index (χ1) is 7.16. The molecule has 4 heteroatoms. The van der Waals surface area contributed by atoms with Crippen molar-refractivity contribution in [3.63, 3.8) is 0 Å². The first-order valence-corrected chi connectivity index (χ1v) is 4.87. The van der Waals surface area contributed by atoms with Crippen LogP contribution in [0.15, 0.2) is 18.2 Å². The van der Waals surface area contributed by atoms with Crippen LogP contribution in [-0.2, 0) is 4.79 Å². The van der Waals surface area contributed by atoms with Crippen molar-refractivity contribution in [1.29, 1.82) is 0 Å². The third-order valence-electron chi connectivity index (χ3n) is 2.40. The highest BCUT2D eigenvalue weighted by Crippen LogP contribution is 2.31. The van der Waals surface area contributed by atoms with E-state index in [0.29, 0.717) is 13.2 Å². The van der Waals surface area contributed by atoms with E-state index in [0.717, 1.165) is 17.0 Å². The number of fused-ring (bicyclic) bond motifs is 1. The van der Waals surface area contributed by atoms with Gasteiger partial charge in [0.2, 0.25) is 0 Å². The Hall–Kier alpha value is -1.71. The zero-order valence-electron chi connectivity index (χ0n) is 8.56. The minimum absolute atomic E-state index is 0.0272. The quantitative estimate of drug-likeness (QED) is 0.793. The molecule has 0 aliphatic carbocycles. The molecular formula is C11H13NO3. The smallest absolute Gasteiger partial charge is 0.323 e. The number of nitrogens with zero attached hydrogens (tertiary/aromatic N) is 1. The second-order valence-corrected chi connectivity index (χ2v) is 3.63. The normalized spacial score (nSPS) is 14.3. The highest BCUT2D eigenvalue weighted by molar-refractivity contribution is 5.75. The maximum absolute atomic E-state index is 10.7. The van der Waals surface area contributed by atoms with Crippen LogP contribution in [0.5, 0.6) is 5.75 Å². The first-order valence-electron chi connectivity index (χ1n) is 4.87. The average Bonchev–Trinajstić information content (AvgIpc) is 2.16. The largest absolute Gasteiger partial charge is 0.490 e. The van der Waals surface area contributed by atoms with Gasteiger partial charge in [-0.05, 0) is 24.6 Å². The lowest BCUT2D eigenvalue weighted by Crippen LogP contribution is -2.36. The van der Waals surface area contributed by atoms with E-state index in [1.165, 1.54) is 0 Å². The number of benzene rings is 1. The summed E-state index contributed by atoms with van der Waals surface area (Å²) in [6, 6.07) is 5.80. The number of ether oxygens (including phenoxy) is 1. The molecule has 1 aromatic carbocycles. The minimum Gasteiger partial charge on any atom is -0.490 e. The molecule has 0 atom stereocenters. The zero-order valence-corrected chi connectivity index (χ0v) is 8.56. The maximum atomic E-state index is 10.7. The summed E-state index contributed by atoms with van der Waals surface area (Å²) in [5.74, 6) is -0.0362. The molecule has 1 N–H and O–H groups in total. The summed E-state index contributed by atoms with van der Waals surface area (Å²) in [7, 11) is 0. The number of hydrogen-bond acceptors (Lipinski definition) is 3. The van der Waals surface area contributed by atoms with Gasteiger partial charge in [-0.2, -0.15) is 0 Å². The molecule has 0 bridgehead atoms. The second-order valence-electron chi connectivity index (χ2n) is 3.63. The van der Waals surface area contributed by atoms with Crippen LogP contribution in [0.2, 0.25) is 0 Å². The lowest BCUT2D eigenvalue weighted by atomic mass is 10.1. The Kier molecular flexibility index (Phi) is 2.49. The van der Waals surface area contributed by atoms with Crippen LogP contribution in [0, 0.1) is 6.92 Å². The summed E-state index contributed by atoms with van der Waals surface area (Å²) >= 11 is 0. The van der Waals surface area contributed by atoms with Gasteiger partial charge in [0, 0.05) is 0 Å². The van der Waals surface area contributed by atoms with Crippen LogP contribution in [0.1, 0.15) is 5.56 Å². The molecule has 1 aliphatic heterocycles. The molecule has 1 aromatic rings. The van der Waals surface area contributed by atoms with E-state index in [1.807, 2.05) is 30.0 Å². The topological polar surface area (TPSA) is 49.8 Å². The summed E-state index contributed by atoms with van der Waals surface area (Å²) < 4.78 is 5.48. The summed E-state index contributed by atoms with van der Waals surface area (Å²) in [4.78, 5) is 12.5. The molecule has 1 aliphatic rings. The predicted molar refractivity (Wildman–Crippen MR) is 56.5 cm³/mol. The Morgan fingerprint density at radius 3 is 3.13 bits per heavy atom. The van der Waals surface area contributed by atoms with Crippen molar-refractivity contribution < 1.29 is 14.6 Å². The van der Waals surface area contributed by atoms with Crippen molar-refractivity contribution in [2.45, 2.75) is 6.92 Å². The first kappa shape index (κ1) is 9.83. The van der Waals surface area contributed by atoms with Crippen LogP contribution in [0.25, 0.3) is 0 Å². The number of hydrogen-bond donors (Lipinski definition) is 1. The van der Waals surface area contributed by atoms with E-state index in [9.17, 15) is 4.79 Å². The van der Waals surface area contributed by atoms with E-state index in [1.54, 1.807) is 0 Å². The highest BCUT2D eigenvalue weighted by atomic mass is 16.5. The summed E-state index contributed by atoms with van der Waals surface area (Å²) in [5.41, 5.74) is 1.99. The van der Waals surface area contributed by atoms with Gasteiger partial charge in [0.05, 0.1) is 12.2 Å². The van der Waals surface area contributed by atoms with Crippen molar-refractivity contribution in [3.8, 4) is 5.75 Å². The van der Waals surface area contributed by atoms with Crippen LogP contribution in [0.3, 0.4) is 0 Å². The van der Waals surface area contributed by atoms with Crippen LogP contribution < -0.4 is 9.64 Å². The molecule has 0 radical (unpaired) electrons. The highest BCUT2D eigenvalue weighted by Gasteiger charge is 2.19. The average molecular weight is 207 g/mol. The minimum atomic E-state index is -0.816. The molecule has 0 unspecified atom stereocenters. The molecule has 15 heavy (non-hydrogen) atoms. The van der Waals surface area contributed by atoms with Gasteiger partial charge in [-0.15, -0.1) is 0 Å². The van der Waals surface area contributed by atoms with Crippen LogP contribution in [0.4, 0.5) is 5.69 Å². The number of aliphatic carboxylic acids is 1. The number of carboxylic acid groups (broad SMARTS) is 1. The van der Waals surface area contributed by atoms with Gasteiger partial charge in [-0.25, -0.2) is 0 Å². The van der Waals surface area contributed by atoms with Crippen molar-refractivity contribution in [2.75, 3.05) is 24.6 Å². The van der Waals surface area contributed by atoms with Crippen molar-refractivity contribution in [1.82, 2.24) is 0 Å². The standard InChI is InChI=1S/C11H13NO3/c1-8-2-3-9-10(6-8)15-5-4-12(9)7-11(13)14/h2-3,6H,4-5,7H2,1H3,(H,13,14). The van der Waals surface area contributed by atoms with E-state index in [4.69, 9.17) is 9.84 Å². The SMILES string of the molecule is Cc1ccc2c(c1)OCCN2CC(=O)O. The molecule has 2 rings (SSSR count). The fourth-order valence-corrected chi connectivity index (χ4v) is 1.71. The lowest BCUT2D eigenvalue weighted by Gasteiger charge is -2.30. The molecule has 80 valence electrons. The van der Waals surface area contributed by atoms with Crippen molar-refractivity contribution >= 4 is 11.7 Å². The van der Waals surface area contributed by atoms with E-state index in [-0.39, 0.29) is 6.54 Å². The number of aryl methyl sites for hydroxylation is 1. The third kappa shape index (κ3) is 2.03. The van der Waals surface area contributed by atoms with E-state index >= 15 is 0 Å². The number of anilines is 1. The summed E-state index contributed by atoms with van der Waals surface area (Å²) in [6.07, 6.45) is 0. The van der Waals surface area contributed by atoms with Gasteiger partial charge in [-0.3, -0.25) is 4.79 Å². The van der Waals surface area contributed by atoms with Crippen molar-refractivity contribution in [2.24, 2.45) is 0 Å². The van der Waals surface area contributed by atoms with E-state index < -0.39 is 5.97 Å². The van der Waals surface area contributed by atoms with Crippen LogP contribution in [-0.4, -0.2) is 30.8 Å². The molecular weight excluding hydrogens is 194 g/mol. The molecule has 0 fully saturated rings. The van der Waals surface area contributed by atoms with Gasteiger partial charge < -0.3 is 14.7 Å². The Bertz CT molecular complexity index is 389. The Labute approximate surface area is 88.1 Å². The van der Waals surface area contributed by atoms with Crippen LogP contribution >= 0.6 is 0 Å². The molecule has 4 nitrogen and oxygen atoms in total. The Balaban J connectivity index is 2.30. The maximum Gasteiger partial charge on any atom is 0.323 e. The predicted octanol–water partition coefficient (Wildman–Crippen LogP) is 1.28. The van der Waals surface area contributed by atoms with Gasteiger partial charge in [0.1, 0.15) is 18.9 Å². The van der Waals surface area contributed by atoms with Gasteiger partial charge in [-0.1, -0.05) is 6.07 Å². The van der Waals surface area contributed by atoms with Gasteiger partial charge in [0.25, 0.3) is 0 Å². The fourth-order valence-electron chi connectivity index (χ4n) is 1.71. The molecule has 0 saturated carbocycles. The molecule has 1 heterocycles. The molecule has 0 spiro atoms. The zero-order chi connectivity index (χ0) is 10.8. The molecule has 0 amide bonds. The number of carboxylic acids is 1. The molecule has 0 aromatic heterocycles. The summed E-state index contributed by atoms with van der Waals surface area (Å²) in [6.45, 7) is 3.19. The lowest BCUT2D eigenvalue weighted by molar-refractivity contribution is -0.135. The van der Waals surface area contributed by atoms with Crippen molar-refractivity contribution in [3.05, 3.63) is 23.8 Å². The monoisotopic (exact) mass is 207 g/mol. The second kappa shape index (κ2) is 3.81. The van der Waals surface area contributed by atoms with E-state index in [2.05, 4.69) is 0 Å². The van der Waals surface area contributed by atoms with Gasteiger partial charge >= 0.3 is 5.97 Å². The fraction of sp³-hybridized carbons (Fsp3) is 0.364. The number of rotatable bonds is 2. The number of carbonyl (C=O) groups is 1. The third-order valence-corrected chi connectivity index (χ3v) is 2.40. The summed E-state index contributed by atoms with van der Waals surface area (Å²) in [5, 5.41) is 8.76.